The zero-order valence-electron chi connectivity index (χ0n) is 16.3. The van der Waals surface area contributed by atoms with Gasteiger partial charge in [0, 0.05) is 19.5 Å². The molecule has 0 aliphatic rings. The summed E-state index contributed by atoms with van der Waals surface area (Å²) in [5, 5.41) is 2.69. The fourth-order valence-electron chi connectivity index (χ4n) is 2.80. The molecule has 1 amide bonds. The Kier molecular flexibility index (Phi) is 7.16. The van der Waals surface area contributed by atoms with Gasteiger partial charge in [0.05, 0.1) is 4.90 Å². The molecular formula is C21H28N2O3S. The third kappa shape index (κ3) is 6.48. The van der Waals surface area contributed by atoms with Crippen molar-refractivity contribution in [2.24, 2.45) is 5.92 Å². The average Bonchev–Trinajstić information content (AvgIpc) is 2.60. The predicted molar refractivity (Wildman–Crippen MR) is 108 cm³/mol. The first-order chi connectivity index (χ1) is 12.7. The highest BCUT2D eigenvalue weighted by molar-refractivity contribution is 7.89. The van der Waals surface area contributed by atoms with E-state index in [1.807, 2.05) is 19.1 Å². The lowest BCUT2D eigenvalue weighted by Crippen LogP contribution is -2.27. The molecule has 0 spiro atoms. The maximum Gasteiger partial charge on any atom is 0.241 e. The first kappa shape index (κ1) is 21.1. The van der Waals surface area contributed by atoms with Gasteiger partial charge in [-0.05, 0) is 48.1 Å². The molecule has 2 N–H and O–H groups in total. The van der Waals surface area contributed by atoms with E-state index in [0.29, 0.717) is 12.5 Å². The number of sulfonamides is 1. The van der Waals surface area contributed by atoms with Gasteiger partial charge in [-0.15, -0.1) is 0 Å². The molecule has 1 atom stereocenters. The van der Waals surface area contributed by atoms with E-state index < -0.39 is 10.0 Å². The smallest absolute Gasteiger partial charge is 0.241 e. The molecule has 2 aromatic rings. The van der Waals surface area contributed by atoms with Gasteiger partial charge in [0.15, 0.2) is 0 Å². The van der Waals surface area contributed by atoms with E-state index in [0.717, 1.165) is 17.5 Å². The van der Waals surface area contributed by atoms with Crippen molar-refractivity contribution in [2.75, 3.05) is 0 Å². The number of carbonyl (C=O) groups excluding carboxylic acids is 1. The van der Waals surface area contributed by atoms with Gasteiger partial charge in [-0.2, -0.15) is 0 Å². The second kappa shape index (κ2) is 9.15. The number of carbonyl (C=O) groups is 1. The molecule has 2 rings (SSSR count). The van der Waals surface area contributed by atoms with Crippen molar-refractivity contribution in [3.63, 3.8) is 0 Å². The Morgan fingerprint density at radius 1 is 0.926 bits per heavy atom. The van der Waals surface area contributed by atoms with Gasteiger partial charge in [0.2, 0.25) is 15.9 Å². The molecule has 0 saturated carbocycles. The highest BCUT2D eigenvalue weighted by Gasteiger charge is 2.18. The van der Waals surface area contributed by atoms with Crippen molar-refractivity contribution in [1.29, 1.82) is 0 Å². The summed E-state index contributed by atoms with van der Waals surface area (Å²) in [6, 6.07) is 14.2. The number of hydrogen-bond donors (Lipinski definition) is 2. The van der Waals surface area contributed by atoms with Gasteiger partial charge in [0.25, 0.3) is 0 Å². The van der Waals surface area contributed by atoms with Crippen LogP contribution in [0.5, 0.6) is 0 Å². The molecule has 6 heteroatoms. The first-order valence-electron chi connectivity index (χ1n) is 9.12. The normalized spacial score (nSPS) is 12.8. The second-order valence-corrected chi connectivity index (χ2v) is 8.95. The van der Waals surface area contributed by atoms with Gasteiger partial charge in [0.1, 0.15) is 0 Å². The Hall–Kier alpha value is -2.18. The van der Waals surface area contributed by atoms with Gasteiger partial charge >= 0.3 is 0 Å². The highest BCUT2D eigenvalue weighted by Crippen LogP contribution is 2.19. The number of hydrogen-bond acceptors (Lipinski definition) is 3. The van der Waals surface area contributed by atoms with Crippen LogP contribution in [0, 0.1) is 5.92 Å². The van der Waals surface area contributed by atoms with E-state index in [4.69, 9.17) is 0 Å². The molecule has 0 aliphatic heterocycles. The van der Waals surface area contributed by atoms with E-state index >= 15 is 0 Å². The van der Waals surface area contributed by atoms with Crippen molar-refractivity contribution >= 4 is 15.9 Å². The molecule has 0 aliphatic carbocycles. The molecule has 0 bridgehead atoms. The molecule has 0 radical (unpaired) electrons. The summed E-state index contributed by atoms with van der Waals surface area (Å²) in [5.41, 5.74) is 3.02. The van der Waals surface area contributed by atoms with E-state index in [1.54, 1.807) is 24.3 Å². The molecule has 2 aromatic carbocycles. The lowest BCUT2D eigenvalue weighted by molar-refractivity contribution is -0.119. The molecular weight excluding hydrogens is 360 g/mol. The summed E-state index contributed by atoms with van der Waals surface area (Å²) in [6.07, 6.45) is 1.01. The van der Waals surface area contributed by atoms with Crippen LogP contribution in [0.1, 0.15) is 50.4 Å². The van der Waals surface area contributed by atoms with Crippen LogP contribution < -0.4 is 10.0 Å². The van der Waals surface area contributed by atoms with Crippen molar-refractivity contribution in [1.82, 2.24) is 10.0 Å². The third-order valence-corrected chi connectivity index (χ3v) is 5.79. The monoisotopic (exact) mass is 388 g/mol. The standard InChI is InChI=1S/C21H28N2O3S/c1-15(2)13-18-5-9-20(10-6-18)16(3)23-27(25,26)21-11-7-19(8-12-21)14-22-17(4)24/h5-12,15-16,23H,13-14H2,1-4H3,(H,22,24). The number of nitrogens with one attached hydrogen (secondary N) is 2. The maximum atomic E-state index is 12.6. The van der Waals surface area contributed by atoms with Crippen LogP contribution in [-0.2, 0) is 27.8 Å². The summed E-state index contributed by atoms with van der Waals surface area (Å²) >= 11 is 0. The van der Waals surface area contributed by atoms with Crippen LogP contribution in [0.3, 0.4) is 0 Å². The molecule has 0 saturated heterocycles. The topological polar surface area (TPSA) is 75.3 Å². The minimum absolute atomic E-state index is 0.124. The van der Waals surface area contributed by atoms with Crippen molar-refractivity contribution in [2.45, 2.75) is 51.6 Å². The van der Waals surface area contributed by atoms with Crippen LogP contribution in [0.25, 0.3) is 0 Å². The van der Waals surface area contributed by atoms with Crippen LogP contribution in [-0.4, -0.2) is 14.3 Å². The van der Waals surface area contributed by atoms with Crippen molar-refractivity contribution in [3.05, 3.63) is 65.2 Å². The second-order valence-electron chi connectivity index (χ2n) is 7.24. The van der Waals surface area contributed by atoms with Gasteiger partial charge < -0.3 is 5.32 Å². The largest absolute Gasteiger partial charge is 0.352 e. The van der Waals surface area contributed by atoms with Gasteiger partial charge in [-0.3, -0.25) is 4.79 Å². The summed E-state index contributed by atoms with van der Waals surface area (Å²) < 4.78 is 28.0. The fraction of sp³-hybridized carbons (Fsp3) is 0.381. The highest BCUT2D eigenvalue weighted by atomic mass is 32.2. The quantitative estimate of drug-likeness (QED) is 0.726. The van der Waals surface area contributed by atoms with Gasteiger partial charge in [-0.25, -0.2) is 13.1 Å². The number of benzene rings is 2. The van der Waals surface area contributed by atoms with Crippen LogP contribution >= 0.6 is 0 Å². The predicted octanol–water partition coefficient (Wildman–Crippen LogP) is 3.56. The maximum absolute atomic E-state index is 12.6. The molecule has 0 heterocycles. The summed E-state index contributed by atoms with van der Waals surface area (Å²) in [4.78, 5) is 11.2. The lowest BCUT2D eigenvalue weighted by atomic mass is 10.0. The molecule has 27 heavy (non-hydrogen) atoms. The van der Waals surface area contributed by atoms with Crippen LogP contribution in [0.15, 0.2) is 53.4 Å². The summed E-state index contributed by atoms with van der Waals surface area (Å²) in [5.74, 6) is 0.460. The zero-order valence-corrected chi connectivity index (χ0v) is 17.1. The van der Waals surface area contributed by atoms with Gasteiger partial charge in [-0.1, -0.05) is 50.2 Å². The fourth-order valence-corrected chi connectivity index (χ4v) is 4.03. The Bertz CT molecular complexity index is 857. The molecule has 1 unspecified atom stereocenters. The first-order valence-corrected chi connectivity index (χ1v) is 10.6. The summed E-state index contributed by atoms with van der Waals surface area (Å²) in [6.45, 7) is 8.00. The number of amides is 1. The van der Waals surface area contributed by atoms with E-state index in [2.05, 4.69) is 36.0 Å². The van der Waals surface area contributed by atoms with E-state index in [9.17, 15) is 13.2 Å². The van der Waals surface area contributed by atoms with Crippen molar-refractivity contribution in [3.8, 4) is 0 Å². The Morgan fingerprint density at radius 3 is 2.00 bits per heavy atom. The van der Waals surface area contributed by atoms with Crippen LogP contribution in [0.2, 0.25) is 0 Å². The Morgan fingerprint density at radius 2 is 1.48 bits per heavy atom. The minimum atomic E-state index is -3.62. The SMILES string of the molecule is CC(=O)NCc1ccc(S(=O)(=O)NC(C)c2ccc(CC(C)C)cc2)cc1. The third-order valence-electron chi connectivity index (χ3n) is 4.23. The summed E-state index contributed by atoms with van der Waals surface area (Å²) in [7, 11) is -3.62. The average molecular weight is 389 g/mol. The Balaban J connectivity index is 2.05. The Labute approximate surface area is 162 Å². The molecule has 0 aromatic heterocycles. The molecule has 0 fully saturated rings. The molecule has 146 valence electrons. The minimum Gasteiger partial charge on any atom is -0.352 e. The number of rotatable bonds is 8. The molecule has 5 nitrogen and oxygen atoms in total. The van der Waals surface area contributed by atoms with Crippen molar-refractivity contribution < 1.29 is 13.2 Å². The van der Waals surface area contributed by atoms with E-state index in [1.165, 1.54) is 12.5 Å². The van der Waals surface area contributed by atoms with E-state index in [-0.39, 0.29) is 16.8 Å². The zero-order chi connectivity index (χ0) is 20.0. The van der Waals surface area contributed by atoms with Crippen LogP contribution in [0.4, 0.5) is 0 Å². The lowest BCUT2D eigenvalue weighted by Gasteiger charge is -2.16.